The Morgan fingerprint density at radius 3 is 2.86 bits per heavy atom. The Labute approximate surface area is 125 Å². The first-order chi connectivity index (χ1) is 10.1. The lowest BCUT2D eigenvalue weighted by Gasteiger charge is -2.16. The van der Waals surface area contributed by atoms with E-state index in [0.717, 1.165) is 0 Å². The summed E-state index contributed by atoms with van der Waals surface area (Å²) >= 11 is 1.33. The molecule has 3 N–H and O–H groups in total. The van der Waals surface area contributed by atoms with Gasteiger partial charge in [-0.15, -0.1) is 11.3 Å². The maximum atomic E-state index is 12.0. The van der Waals surface area contributed by atoms with Crippen LogP contribution in [0.15, 0.2) is 28.1 Å². The van der Waals surface area contributed by atoms with E-state index >= 15 is 0 Å². The first kappa shape index (κ1) is 15.2. The molecule has 0 bridgehead atoms. The van der Waals surface area contributed by atoms with E-state index in [1.54, 1.807) is 25.1 Å². The van der Waals surface area contributed by atoms with Gasteiger partial charge in [0.25, 0.3) is 5.91 Å². The van der Waals surface area contributed by atoms with Crippen molar-refractivity contribution in [1.82, 2.24) is 16.0 Å². The number of hydrogen-bond acceptors (Lipinski definition) is 6. The van der Waals surface area contributed by atoms with E-state index in [2.05, 4.69) is 21.3 Å². The van der Waals surface area contributed by atoms with Gasteiger partial charge in [0, 0.05) is 6.07 Å². The molecule has 8 heteroatoms. The second kappa shape index (κ2) is 7.00. The standard InChI is InChI=1S/C13H16N4O3S/c1-3-9(12(18)14-11-7-8(2)20-17-11)15-16-13(19)10-5-4-6-21-10/h4-7,9,15H,3H2,1-2H3,(H,16,19)(H,14,17,18)/t9-/m0/s1. The first-order valence-electron chi connectivity index (χ1n) is 6.43. The molecule has 2 amide bonds. The summed E-state index contributed by atoms with van der Waals surface area (Å²) in [4.78, 5) is 24.4. The smallest absolute Gasteiger partial charge is 0.275 e. The van der Waals surface area contributed by atoms with Crippen LogP contribution in [0, 0.1) is 6.92 Å². The fourth-order valence-corrected chi connectivity index (χ4v) is 2.23. The summed E-state index contributed by atoms with van der Waals surface area (Å²) in [5.74, 6) is 0.394. The molecule has 2 heterocycles. The Hall–Kier alpha value is -2.19. The summed E-state index contributed by atoms with van der Waals surface area (Å²) in [6.45, 7) is 3.57. The predicted octanol–water partition coefficient (Wildman–Crippen LogP) is 1.70. The molecule has 0 unspecified atom stereocenters. The van der Waals surface area contributed by atoms with Gasteiger partial charge in [0.2, 0.25) is 5.91 Å². The number of thiophene rings is 1. The Morgan fingerprint density at radius 1 is 1.48 bits per heavy atom. The number of carbonyl (C=O) groups excluding carboxylic acids is 2. The zero-order chi connectivity index (χ0) is 15.2. The van der Waals surface area contributed by atoms with Gasteiger partial charge in [0.05, 0.1) is 4.88 Å². The van der Waals surface area contributed by atoms with Crippen molar-refractivity contribution in [3.05, 3.63) is 34.2 Å². The molecule has 0 aliphatic heterocycles. The van der Waals surface area contributed by atoms with Gasteiger partial charge in [-0.25, -0.2) is 5.43 Å². The van der Waals surface area contributed by atoms with Crippen LogP contribution in [0.25, 0.3) is 0 Å². The van der Waals surface area contributed by atoms with Gasteiger partial charge in [-0.2, -0.15) is 0 Å². The molecule has 0 aliphatic carbocycles. The SMILES string of the molecule is CC[C@H](NNC(=O)c1cccs1)C(=O)Nc1cc(C)on1. The number of anilines is 1. The van der Waals surface area contributed by atoms with Crippen LogP contribution >= 0.6 is 11.3 Å². The highest BCUT2D eigenvalue weighted by Gasteiger charge is 2.18. The van der Waals surface area contributed by atoms with Crippen molar-refractivity contribution in [2.24, 2.45) is 0 Å². The molecule has 0 fully saturated rings. The monoisotopic (exact) mass is 308 g/mol. The molecule has 112 valence electrons. The average Bonchev–Trinajstić information content (AvgIpc) is 3.11. The minimum atomic E-state index is -0.564. The van der Waals surface area contributed by atoms with Gasteiger partial charge in [-0.05, 0) is 24.8 Å². The zero-order valence-electron chi connectivity index (χ0n) is 11.7. The number of nitrogens with one attached hydrogen (secondary N) is 3. The van der Waals surface area contributed by atoms with Gasteiger partial charge >= 0.3 is 0 Å². The molecule has 21 heavy (non-hydrogen) atoms. The van der Waals surface area contributed by atoms with Gasteiger partial charge < -0.3 is 9.84 Å². The predicted molar refractivity (Wildman–Crippen MR) is 78.9 cm³/mol. The fraction of sp³-hybridized carbons (Fsp3) is 0.308. The van der Waals surface area contributed by atoms with Crippen molar-refractivity contribution >= 4 is 29.0 Å². The van der Waals surface area contributed by atoms with Crippen molar-refractivity contribution in [3.63, 3.8) is 0 Å². The van der Waals surface area contributed by atoms with Crippen molar-refractivity contribution in [2.45, 2.75) is 26.3 Å². The van der Waals surface area contributed by atoms with Crippen LogP contribution in [-0.4, -0.2) is 23.0 Å². The topological polar surface area (TPSA) is 96.3 Å². The lowest BCUT2D eigenvalue weighted by atomic mass is 10.2. The second-order valence-electron chi connectivity index (χ2n) is 4.35. The van der Waals surface area contributed by atoms with Crippen molar-refractivity contribution in [2.75, 3.05) is 5.32 Å². The zero-order valence-corrected chi connectivity index (χ0v) is 12.5. The van der Waals surface area contributed by atoms with Crippen LogP contribution in [0.1, 0.15) is 28.8 Å². The minimum absolute atomic E-state index is 0.270. The summed E-state index contributed by atoms with van der Waals surface area (Å²) < 4.78 is 4.87. The number of aryl methyl sites for hydroxylation is 1. The Morgan fingerprint density at radius 2 is 2.29 bits per heavy atom. The third-order valence-electron chi connectivity index (χ3n) is 2.71. The van der Waals surface area contributed by atoms with E-state index in [-0.39, 0.29) is 11.8 Å². The van der Waals surface area contributed by atoms with Crippen LogP contribution in [0.3, 0.4) is 0 Å². The molecule has 1 atom stereocenters. The van der Waals surface area contributed by atoms with Gasteiger partial charge in [-0.3, -0.25) is 15.0 Å². The number of hydrazine groups is 1. The largest absolute Gasteiger partial charge is 0.360 e. The van der Waals surface area contributed by atoms with E-state index in [1.165, 1.54) is 11.3 Å². The molecule has 0 spiro atoms. The molecule has 2 aromatic heterocycles. The van der Waals surface area contributed by atoms with Crippen LogP contribution in [0.4, 0.5) is 5.82 Å². The van der Waals surface area contributed by atoms with Crippen molar-refractivity contribution in [1.29, 1.82) is 0 Å². The number of aromatic nitrogens is 1. The van der Waals surface area contributed by atoms with Crippen LogP contribution in [0.5, 0.6) is 0 Å². The first-order valence-corrected chi connectivity index (χ1v) is 7.31. The molecular formula is C13H16N4O3S. The molecule has 0 saturated heterocycles. The number of amides is 2. The molecule has 0 radical (unpaired) electrons. The highest BCUT2D eigenvalue weighted by molar-refractivity contribution is 7.12. The lowest BCUT2D eigenvalue weighted by molar-refractivity contribution is -0.118. The van der Waals surface area contributed by atoms with Gasteiger partial charge in [0.1, 0.15) is 11.8 Å². The maximum absolute atomic E-state index is 12.0. The van der Waals surface area contributed by atoms with E-state index < -0.39 is 6.04 Å². The van der Waals surface area contributed by atoms with Crippen LogP contribution in [0.2, 0.25) is 0 Å². The van der Waals surface area contributed by atoms with Crippen molar-refractivity contribution < 1.29 is 14.1 Å². The quantitative estimate of drug-likeness (QED) is 0.706. The number of rotatable bonds is 6. The summed E-state index contributed by atoms with van der Waals surface area (Å²) in [7, 11) is 0. The maximum Gasteiger partial charge on any atom is 0.275 e. The Kier molecular flexibility index (Phi) is 5.07. The molecule has 2 aromatic rings. The van der Waals surface area contributed by atoms with E-state index in [1.807, 2.05) is 12.3 Å². The van der Waals surface area contributed by atoms with Crippen LogP contribution < -0.4 is 16.2 Å². The van der Waals surface area contributed by atoms with Gasteiger partial charge in [0.15, 0.2) is 5.82 Å². The Balaban J connectivity index is 1.87. The Bertz CT molecular complexity index is 609. The van der Waals surface area contributed by atoms with E-state index in [4.69, 9.17) is 4.52 Å². The molecule has 0 saturated carbocycles. The average molecular weight is 308 g/mol. The van der Waals surface area contributed by atoms with Gasteiger partial charge in [-0.1, -0.05) is 18.1 Å². The highest BCUT2D eigenvalue weighted by atomic mass is 32.1. The van der Waals surface area contributed by atoms with Crippen molar-refractivity contribution in [3.8, 4) is 0 Å². The summed E-state index contributed by atoms with van der Waals surface area (Å²) in [6, 6.07) is 4.55. The molecule has 2 rings (SSSR count). The number of carbonyl (C=O) groups is 2. The number of hydrogen-bond donors (Lipinski definition) is 3. The molecule has 0 aliphatic rings. The molecule has 7 nitrogen and oxygen atoms in total. The minimum Gasteiger partial charge on any atom is -0.360 e. The third kappa shape index (κ3) is 4.14. The molecule has 0 aromatic carbocycles. The normalized spacial score (nSPS) is 11.9. The fourth-order valence-electron chi connectivity index (χ4n) is 1.61. The summed E-state index contributed by atoms with van der Waals surface area (Å²) in [5.41, 5.74) is 5.25. The summed E-state index contributed by atoms with van der Waals surface area (Å²) in [6.07, 6.45) is 0.507. The number of nitrogens with zero attached hydrogens (tertiary/aromatic N) is 1. The highest BCUT2D eigenvalue weighted by Crippen LogP contribution is 2.09. The third-order valence-corrected chi connectivity index (χ3v) is 3.58. The second-order valence-corrected chi connectivity index (χ2v) is 5.30. The van der Waals surface area contributed by atoms with E-state index in [9.17, 15) is 9.59 Å². The lowest BCUT2D eigenvalue weighted by Crippen LogP contribution is -2.49. The van der Waals surface area contributed by atoms with E-state index in [0.29, 0.717) is 22.9 Å². The van der Waals surface area contributed by atoms with Crippen LogP contribution in [-0.2, 0) is 4.79 Å². The summed E-state index contributed by atoms with van der Waals surface area (Å²) in [5, 5.41) is 8.12. The molecular weight excluding hydrogens is 292 g/mol.